The van der Waals surface area contributed by atoms with E-state index >= 15 is 0 Å². The van der Waals surface area contributed by atoms with Crippen molar-refractivity contribution in [3.05, 3.63) is 11.6 Å². The maximum Gasteiger partial charge on any atom is 0.243 e. The van der Waals surface area contributed by atoms with Gasteiger partial charge in [0.15, 0.2) is 0 Å². The molecule has 1 rings (SSSR count). The lowest BCUT2D eigenvalue weighted by Gasteiger charge is -2.37. The van der Waals surface area contributed by atoms with E-state index in [-0.39, 0.29) is 11.3 Å². The first-order valence-corrected chi connectivity index (χ1v) is 6.55. The van der Waals surface area contributed by atoms with Crippen molar-refractivity contribution in [3.8, 4) is 0 Å². The van der Waals surface area contributed by atoms with Crippen molar-refractivity contribution in [2.45, 2.75) is 40.5 Å². The van der Waals surface area contributed by atoms with Gasteiger partial charge in [-0.1, -0.05) is 19.4 Å². The second-order valence-electron chi connectivity index (χ2n) is 5.95. The minimum absolute atomic E-state index is 0.0343. The Labute approximate surface area is 105 Å². The molecule has 3 nitrogen and oxygen atoms in total. The van der Waals surface area contributed by atoms with Crippen LogP contribution in [-0.2, 0) is 4.79 Å². The van der Waals surface area contributed by atoms with Gasteiger partial charge in [0.05, 0.1) is 0 Å². The number of carbonyl (C=O) groups excluding carboxylic acids is 1. The van der Waals surface area contributed by atoms with Crippen molar-refractivity contribution in [1.82, 2.24) is 10.6 Å². The maximum atomic E-state index is 11.6. The van der Waals surface area contributed by atoms with Gasteiger partial charge in [-0.15, -0.1) is 0 Å². The summed E-state index contributed by atoms with van der Waals surface area (Å²) in [5.41, 5.74) is 1.23. The van der Waals surface area contributed by atoms with E-state index in [1.54, 1.807) is 6.08 Å². The summed E-state index contributed by atoms with van der Waals surface area (Å²) < 4.78 is 0. The molecule has 1 heterocycles. The summed E-state index contributed by atoms with van der Waals surface area (Å²) in [5.74, 6) is 0.739. The third-order valence-corrected chi connectivity index (χ3v) is 3.58. The van der Waals surface area contributed by atoms with Gasteiger partial charge in [0.1, 0.15) is 0 Å². The Morgan fingerprint density at radius 1 is 1.35 bits per heavy atom. The summed E-state index contributed by atoms with van der Waals surface area (Å²) >= 11 is 0. The molecule has 0 unspecified atom stereocenters. The Balaban J connectivity index is 2.43. The minimum atomic E-state index is 0.0343. The normalized spacial score (nSPS) is 17.6. The van der Waals surface area contributed by atoms with Gasteiger partial charge < -0.3 is 10.6 Å². The third-order valence-electron chi connectivity index (χ3n) is 3.58. The summed E-state index contributed by atoms with van der Waals surface area (Å²) in [6.07, 6.45) is 4.09. The summed E-state index contributed by atoms with van der Waals surface area (Å²) in [6, 6.07) is 0. The second-order valence-corrected chi connectivity index (χ2v) is 5.95. The predicted octanol–water partition coefficient (Wildman–Crippen LogP) is 2.09. The molecule has 1 aliphatic rings. The van der Waals surface area contributed by atoms with Crippen LogP contribution >= 0.6 is 0 Å². The Morgan fingerprint density at radius 2 is 1.94 bits per heavy atom. The predicted molar refractivity (Wildman–Crippen MR) is 71.8 cm³/mol. The van der Waals surface area contributed by atoms with E-state index in [0.717, 1.165) is 25.2 Å². The van der Waals surface area contributed by atoms with Gasteiger partial charge >= 0.3 is 0 Å². The van der Waals surface area contributed by atoms with Crippen LogP contribution in [0.1, 0.15) is 40.5 Å². The van der Waals surface area contributed by atoms with E-state index in [0.29, 0.717) is 5.92 Å². The number of hydrogen-bond acceptors (Lipinski definition) is 2. The fourth-order valence-electron chi connectivity index (χ4n) is 2.38. The average Bonchev–Trinajstić information content (AvgIpc) is 2.27. The lowest BCUT2D eigenvalue weighted by Crippen LogP contribution is -2.42. The van der Waals surface area contributed by atoms with Crippen molar-refractivity contribution in [2.75, 3.05) is 19.6 Å². The molecular formula is C14H26N2O. The Kier molecular flexibility index (Phi) is 5.19. The summed E-state index contributed by atoms with van der Waals surface area (Å²) in [5, 5.41) is 6.40. The standard InChI is InChI=1S/C14H26N2O/c1-11(2)9-13(17)16-10-14(3,4)12-5-7-15-8-6-12/h9,12,15H,5-8,10H2,1-4H3,(H,16,17). The van der Waals surface area contributed by atoms with Gasteiger partial charge in [-0.2, -0.15) is 0 Å². The quantitative estimate of drug-likeness (QED) is 0.736. The van der Waals surface area contributed by atoms with Crippen molar-refractivity contribution >= 4 is 5.91 Å². The maximum absolute atomic E-state index is 11.6. The van der Waals surface area contributed by atoms with Crippen LogP contribution in [-0.4, -0.2) is 25.5 Å². The number of nitrogens with one attached hydrogen (secondary N) is 2. The van der Waals surface area contributed by atoms with E-state index in [9.17, 15) is 4.79 Å². The van der Waals surface area contributed by atoms with Crippen molar-refractivity contribution in [1.29, 1.82) is 0 Å². The SMILES string of the molecule is CC(C)=CC(=O)NCC(C)(C)C1CCNCC1. The van der Waals surface area contributed by atoms with Crippen LogP contribution in [0.5, 0.6) is 0 Å². The van der Waals surface area contributed by atoms with Crippen LogP contribution in [0.2, 0.25) is 0 Å². The highest BCUT2D eigenvalue weighted by atomic mass is 16.1. The molecule has 1 fully saturated rings. The Bertz CT molecular complexity index is 285. The molecule has 3 heteroatoms. The zero-order valence-corrected chi connectivity index (χ0v) is 11.6. The zero-order chi connectivity index (χ0) is 12.9. The highest BCUT2D eigenvalue weighted by molar-refractivity contribution is 5.88. The van der Waals surface area contributed by atoms with Gasteiger partial charge in [-0.3, -0.25) is 4.79 Å². The second kappa shape index (κ2) is 6.20. The molecule has 0 aromatic heterocycles. The van der Waals surface area contributed by atoms with Gasteiger partial charge in [0, 0.05) is 12.6 Å². The third kappa shape index (κ3) is 4.90. The van der Waals surface area contributed by atoms with Gasteiger partial charge in [0.2, 0.25) is 5.91 Å². The van der Waals surface area contributed by atoms with Gasteiger partial charge in [-0.05, 0) is 51.1 Å². The number of rotatable bonds is 4. The number of allylic oxidation sites excluding steroid dienone is 1. The molecule has 1 amide bonds. The first kappa shape index (κ1) is 14.2. The molecule has 0 radical (unpaired) electrons. The summed E-state index contributed by atoms with van der Waals surface area (Å²) in [7, 11) is 0. The van der Waals surface area contributed by atoms with E-state index < -0.39 is 0 Å². The summed E-state index contributed by atoms with van der Waals surface area (Å²) in [4.78, 5) is 11.6. The molecule has 0 saturated carbocycles. The highest BCUT2D eigenvalue weighted by Crippen LogP contribution is 2.32. The van der Waals surface area contributed by atoms with Crippen molar-refractivity contribution < 1.29 is 4.79 Å². The molecule has 1 saturated heterocycles. The smallest absolute Gasteiger partial charge is 0.243 e. The van der Waals surface area contributed by atoms with Crippen LogP contribution in [0, 0.1) is 11.3 Å². The Morgan fingerprint density at radius 3 is 2.47 bits per heavy atom. The largest absolute Gasteiger partial charge is 0.352 e. The zero-order valence-electron chi connectivity index (χ0n) is 11.6. The van der Waals surface area contributed by atoms with Gasteiger partial charge in [-0.25, -0.2) is 0 Å². The monoisotopic (exact) mass is 238 g/mol. The van der Waals surface area contributed by atoms with Crippen LogP contribution in [0.3, 0.4) is 0 Å². The molecule has 0 bridgehead atoms. The van der Waals surface area contributed by atoms with Crippen LogP contribution < -0.4 is 10.6 Å². The topological polar surface area (TPSA) is 41.1 Å². The number of amides is 1. The molecule has 0 atom stereocenters. The molecule has 0 spiro atoms. The first-order chi connectivity index (χ1) is 7.92. The molecule has 17 heavy (non-hydrogen) atoms. The lowest BCUT2D eigenvalue weighted by atomic mass is 9.74. The lowest BCUT2D eigenvalue weighted by molar-refractivity contribution is -0.117. The van der Waals surface area contributed by atoms with Crippen molar-refractivity contribution in [2.24, 2.45) is 11.3 Å². The molecule has 0 aromatic rings. The number of piperidine rings is 1. The van der Waals surface area contributed by atoms with Crippen LogP contribution in [0.25, 0.3) is 0 Å². The number of hydrogen-bond donors (Lipinski definition) is 2. The molecule has 0 aliphatic carbocycles. The Hall–Kier alpha value is -0.830. The van der Waals surface area contributed by atoms with E-state index in [1.165, 1.54) is 12.8 Å². The van der Waals surface area contributed by atoms with Crippen LogP contribution in [0.15, 0.2) is 11.6 Å². The average molecular weight is 238 g/mol. The fraction of sp³-hybridized carbons (Fsp3) is 0.786. The summed E-state index contributed by atoms with van der Waals surface area (Å²) in [6.45, 7) is 11.4. The molecule has 98 valence electrons. The highest BCUT2D eigenvalue weighted by Gasteiger charge is 2.30. The minimum Gasteiger partial charge on any atom is -0.352 e. The van der Waals surface area contributed by atoms with Crippen LogP contribution in [0.4, 0.5) is 0 Å². The molecule has 1 aliphatic heterocycles. The van der Waals surface area contributed by atoms with E-state index in [1.807, 2.05) is 13.8 Å². The van der Waals surface area contributed by atoms with Gasteiger partial charge in [0.25, 0.3) is 0 Å². The number of carbonyl (C=O) groups is 1. The van der Waals surface area contributed by atoms with Crippen molar-refractivity contribution in [3.63, 3.8) is 0 Å². The molecule has 0 aromatic carbocycles. The van der Waals surface area contributed by atoms with E-state index in [2.05, 4.69) is 24.5 Å². The molecule has 2 N–H and O–H groups in total. The van der Waals surface area contributed by atoms with E-state index in [4.69, 9.17) is 0 Å². The molecular weight excluding hydrogens is 212 g/mol. The first-order valence-electron chi connectivity index (χ1n) is 6.55. The fourth-order valence-corrected chi connectivity index (χ4v) is 2.38.